The fourth-order valence-corrected chi connectivity index (χ4v) is 0. The van der Waals surface area contributed by atoms with Gasteiger partial charge in [-0.2, -0.15) is 31.3 Å². The Balaban J connectivity index is -0.0000000152. The first-order valence-corrected chi connectivity index (χ1v) is 8.76. The van der Waals surface area contributed by atoms with Gasteiger partial charge in [-0.3, -0.25) is 0 Å². The molecular weight excluding hydrogens is 665 g/mol. The molecule has 0 aromatic heterocycles. The van der Waals surface area contributed by atoms with Crippen molar-refractivity contribution in [3.63, 3.8) is 0 Å². The van der Waals surface area contributed by atoms with E-state index < -0.39 is 31.3 Å². The van der Waals surface area contributed by atoms with E-state index >= 15 is 0 Å². The van der Waals surface area contributed by atoms with Gasteiger partial charge < -0.3 is 77.0 Å². The van der Waals surface area contributed by atoms with Crippen molar-refractivity contribution in [1.82, 2.24) is 0 Å². The zero-order valence-electron chi connectivity index (χ0n) is 11.6. The van der Waals surface area contributed by atoms with Gasteiger partial charge in [0.2, 0.25) is 0 Å². The van der Waals surface area contributed by atoms with Crippen LogP contribution in [0.3, 0.4) is 0 Å². The molecule has 0 N–H and O–H groups in total. The number of rotatable bonds is 0. The Bertz CT molecular complexity index is 305. The quantitative estimate of drug-likeness (QED) is 0.171. The van der Waals surface area contributed by atoms with Crippen LogP contribution < -0.4 is 58.7 Å². The topological polar surface area (TPSA) is 345 Å². The Labute approximate surface area is 267 Å². The van der Waals surface area contributed by atoms with Crippen molar-refractivity contribution in [2.45, 2.75) is 0 Å². The summed E-state index contributed by atoms with van der Waals surface area (Å²) in [6.45, 7) is 0. The second-order valence-corrected chi connectivity index (χ2v) is 5.37. The molecule has 0 aromatic carbocycles. The van der Waals surface area contributed by atoms with Gasteiger partial charge in [-0.15, -0.1) is 0 Å². The van der Waals surface area contributed by atoms with E-state index in [1.807, 2.05) is 0 Å². The van der Waals surface area contributed by atoms with Gasteiger partial charge >= 0.3 is 164 Å². The van der Waals surface area contributed by atoms with Gasteiger partial charge in [0.1, 0.15) is 0 Å². The summed E-state index contributed by atoms with van der Waals surface area (Å²) in [5.74, 6) is 0. The van der Waals surface area contributed by atoms with Crippen molar-refractivity contribution >= 4 is 145 Å². The molecule has 0 rings (SSSR count). The number of hydrogen-bond donors (Lipinski definition) is 0. The summed E-state index contributed by atoms with van der Waals surface area (Å²) in [5, 5.41) is 0. The molecule has 0 bridgehead atoms. The van der Waals surface area contributed by atoms with E-state index in [2.05, 4.69) is 0 Å². The number of phosphoric acid groups is 4. The fraction of sp³-hybridized carbons (Fsp3) is 0. The summed E-state index contributed by atoms with van der Waals surface area (Å²) < 4.78 is 34.2. The van der Waals surface area contributed by atoms with Crippen LogP contribution in [0, 0.1) is 0 Å². The third kappa shape index (κ3) is 739. The van der Waals surface area contributed by atoms with Crippen LogP contribution in [-0.2, 0) is 69.5 Å². The predicted molar refractivity (Wildman–Crippen MR) is 47.7 cm³/mol. The molecule has 3 radical (unpaired) electrons. The first kappa shape index (κ1) is 63.5. The average Bonchev–Trinajstić information content (AvgIpc) is 1.62. The molecule has 0 spiro atoms. The molecular formula is Ca3Mn3O16P4. The molecule has 0 aliphatic rings. The number of hydrogen-bond acceptors (Lipinski definition) is 16. The predicted octanol–water partition coefficient (Wildman–Crippen LogP) is -12.4. The van der Waals surface area contributed by atoms with Crippen molar-refractivity contribution in [2.24, 2.45) is 0 Å². The van der Waals surface area contributed by atoms with Gasteiger partial charge in [0.25, 0.3) is 0 Å². The Hall–Kier alpha value is 5.78. The third-order valence-electron chi connectivity index (χ3n) is 0. The molecule has 0 atom stereocenters. The smallest absolute Gasteiger partial charge is 0.822 e. The normalized spacial score (nSPS) is 9.08. The molecule has 0 unspecified atom stereocenters. The second kappa shape index (κ2) is 30.8. The maximum atomic E-state index is 8.55. The fourth-order valence-electron chi connectivity index (χ4n) is 0. The maximum absolute atomic E-state index is 8.55. The minimum atomic E-state index is -5.39. The molecule has 0 aliphatic carbocycles. The Kier molecular flexibility index (Phi) is 75.1. The monoisotopic (exact) mass is 665 g/mol. The van der Waals surface area contributed by atoms with Crippen molar-refractivity contribution < 1.29 is 128 Å². The summed E-state index contributed by atoms with van der Waals surface area (Å²) >= 11 is 0. The van der Waals surface area contributed by atoms with Gasteiger partial charge in [-0.25, -0.2) is 0 Å². The van der Waals surface area contributed by atoms with Crippen LogP contribution in [-0.4, -0.2) is 113 Å². The van der Waals surface area contributed by atoms with Gasteiger partial charge in [0.05, 0.1) is 0 Å². The molecule has 0 aliphatic heterocycles. The molecule has 0 aromatic rings. The van der Waals surface area contributed by atoms with Crippen LogP contribution in [0.1, 0.15) is 0 Å². The van der Waals surface area contributed by atoms with E-state index in [9.17, 15) is 0 Å². The first-order valence-electron chi connectivity index (χ1n) is 2.92. The molecule has 143 valence electrons. The Morgan fingerprint density at radius 2 is 0.308 bits per heavy atom. The minimum absolute atomic E-state index is 0. The third-order valence-corrected chi connectivity index (χ3v) is 0. The van der Waals surface area contributed by atoms with E-state index in [0.29, 0.717) is 0 Å². The summed E-state index contributed by atoms with van der Waals surface area (Å²) in [7, 11) is -21.6. The standard InChI is InChI=1S/3Ca.3Mn.4H3O4P/c;;;;;;4*1-5(2,3)4/h;;;;;;4*(H3,1,2,3,4)/q6*+2;;;;/p-12. The van der Waals surface area contributed by atoms with Crippen molar-refractivity contribution in [3.8, 4) is 0 Å². The van der Waals surface area contributed by atoms with Crippen LogP contribution in [0.25, 0.3) is 0 Å². The van der Waals surface area contributed by atoms with Crippen LogP contribution >= 0.6 is 31.3 Å². The molecule has 0 amide bonds. The molecule has 26 heavy (non-hydrogen) atoms. The minimum Gasteiger partial charge on any atom is -0.822 e. The van der Waals surface area contributed by atoms with Crippen molar-refractivity contribution in [2.75, 3.05) is 0 Å². The summed E-state index contributed by atoms with van der Waals surface area (Å²) in [4.78, 5) is 103. The summed E-state index contributed by atoms with van der Waals surface area (Å²) in [6.07, 6.45) is 0. The zero-order valence-corrected chi connectivity index (χ0v) is 25.3. The van der Waals surface area contributed by atoms with Crippen LogP contribution in [0.5, 0.6) is 0 Å². The molecule has 26 heteroatoms. The average molecular weight is 665 g/mol. The van der Waals surface area contributed by atoms with Gasteiger partial charge in [-0.05, 0) is 0 Å². The summed E-state index contributed by atoms with van der Waals surface area (Å²) in [6, 6.07) is 0. The molecule has 0 saturated heterocycles. The second-order valence-electron chi connectivity index (χ2n) is 1.79. The molecule has 0 heterocycles. The largest absolute Gasteiger partial charge is 2.00 e. The van der Waals surface area contributed by atoms with Gasteiger partial charge in [0, 0.05) is 0 Å². The SMILES string of the molecule is O=P([O-])([O-])[O-].O=P([O-])([O-])[O-].O=P([O-])([O-])[O-].O=P([O-])([O-])[O-].[Ca+2].[Ca+2].[Ca+2].[Mn+2].[Mn+2].[Mn+2]. The van der Waals surface area contributed by atoms with Crippen LogP contribution in [0.2, 0.25) is 0 Å². The Morgan fingerprint density at radius 3 is 0.308 bits per heavy atom. The molecule has 16 nitrogen and oxygen atoms in total. The Morgan fingerprint density at radius 1 is 0.308 bits per heavy atom. The van der Waals surface area contributed by atoms with E-state index in [-0.39, 0.29) is 164 Å². The van der Waals surface area contributed by atoms with E-state index in [1.54, 1.807) is 0 Å². The van der Waals surface area contributed by atoms with Gasteiger partial charge in [-0.1, -0.05) is 0 Å². The zero-order chi connectivity index (χ0) is 18.0. The van der Waals surface area contributed by atoms with E-state index in [0.717, 1.165) is 0 Å². The van der Waals surface area contributed by atoms with E-state index in [1.165, 1.54) is 0 Å². The van der Waals surface area contributed by atoms with E-state index in [4.69, 9.17) is 77.0 Å². The summed E-state index contributed by atoms with van der Waals surface area (Å²) in [5.41, 5.74) is 0. The van der Waals surface area contributed by atoms with Crippen molar-refractivity contribution in [3.05, 3.63) is 0 Å². The van der Waals surface area contributed by atoms with Crippen molar-refractivity contribution in [1.29, 1.82) is 0 Å². The maximum Gasteiger partial charge on any atom is 2.00 e. The van der Waals surface area contributed by atoms with Gasteiger partial charge in [0.15, 0.2) is 0 Å². The van der Waals surface area contributed by atoms with Crippen LogP contribution in [0.4, 0.5) is 0 Å². The van der Waals surface area contributed by atoms with Crippen LogP contribution in [0.15, 0.2) is 0 Å². The molecule has 0 saturated carbocycles. The molecule has 0 fully saturated rings. The first-order chi connectivity index (χ1) is 8.00.